The molecule has 6 rings (SSSR count). The van der Waals surface area contributed by atoms with Gasteiger partial charge in [-0.2, -0.15) is 0 Å². The van der Waals surface area contributed by atoms with Crippen molar-refractivity contribution in [3.8, 4) is 5.75 Å². The third-order valence-corrected chi connectivity index (χ3v) is 9.46. The molecule has 2 unspecified atom stereocenters. The minimum absolute atomic E-state index is 0.114. The highest BCUT2D eigenvalue weighted by Crippen LogP contribution is 2.42. The summed E-state index contributed by atoms with van der Waals surface area (Å²) in [5.74, 6) is 1.62. The van der Waals surface area contributed by atoms with E-state index in [0.29, 0.717) is 12.0 Å². The molecule has 0 spiro atoms. The van der Waals surface area contributed by atoms with Crippen molar-refractivity contribution in [3.63, 3.8) is 0 Å². The normalized spacial score (nSPS) is 22.7. The summed E-state index contributed by atoms with van der Waals surface area (Å²) in [7, 11) is -1.57. The van der Waals surface area contributed by atoms with E-state index >= 15 is 0 Å². The lowest BCUT2D eigenvalue weighted by Gasteiger charge is -2.46. The van der Waals surface area contributed by atoms with Crippen LogP contribution in [0, 0.1) is 5.92 Å². The SMILES string of the molecule is Cn1cnc(S(=O)(=O)CC2CN(c3ccc4c(c3)C(Cc3ccccc3)C(N3CCC3)CO4)C2)c1. The van der Waals surface area contributed by atoms with Gasteiger partial charge < -0.3 is 14.2 Å². The fraction of sp³-hybridized carbons (Fsp3) is 0.444. The highest BCUT2D eigenvalue weighted by molar-refractivity contribution is 7.91. The number of aryl methyl sites for hydroxylation is 1. The third-order valence-electron chi connectivity index (χ3n) is 7.70. The fourth-order valence-electron chi connectivity index (χ4n) is 5.63. The van der Waals surface area contributed by atoms with Crippen molar-refractivity contribution in [2.75, 3.05) is 43.4 Å². The number of nitrogens with zero attached hydrogens (tertiary/aromatic N) is 4. The van der Waals surface area contributed by atoms with Crippen molar-refractivity contribution < 1.29 is 13.2 Å². The zero-order valence-corrected chi connectivity index (χ0v) is 20.9. The van der Waals surface area contributed by atoms with E-state index in [4.69, 9.17) is 4.74 Å². The van der Waals surface area contributed by atoms with Crippen LogP contribution >= 0.6 is 0 Å². The van der Waals surface area contributed by atoms with Gasteiger partial charge in [-0.05, 0) is 49.7 Å². The van der Waals surface area contributed by atoms with Crippen molar-refractivity contribution in [2.24, 2.45) is 13.0 Å². The number of likely N-dealkylation sites (tertiary alicyclic amines) is 1. The van der Waals surface area contributed by atoms with E-state index in [1.165, 1.54) is 23.9 Å². The second kappa shape index (κ2) is 8.99. The predicted octanol–water partition coefficient (Wildman–Crippen LogP) is 3.12. The maximum Gasteiger partial charge on any atom is 0.197 e. The van der Waals surface area contributed by atoms with E-state index in [9.17, 15) is 8.42 Å². The van der Waals surface area contributed by atoms with Crippen molar-refractivity contribution in [1.82, 2.24) is 14.5 Å². The van der Waals surface area contributed by atoms with Crippen LogP contribution in [0.15, 0.2) is 66.1 Å². The van der Waals surface area contributed by atoms with Crippen LogP contribution in [-0.2, 0) is 23.3 Å². The van der Waals surface area contributed by atoms with Gasteiger partial charge in [0, 0.05) is 49.4 Å². The second-order valence-electron chi connectivity index (χ2n) is 10.2. The molecule has 0 bridgehead atoms. The van der Waals surface area contributed by atoms with Crippen molar-refractivity contribution in [2.45, 2.75) is 29.8 Å². The van der Waals surface area contributed by atoms with Crippen LogP contribution in [0.5, 0.6) is 5.75 Å². The topological polar surface area (TPSA) is 67.7 Å². The van der Waals surface area contributed by atoms with Crippen molar-refractivity contribution >= 4 is 15.5 Å². The van der Waals surface area contributed by atoms with Gasteiger partial charge in [-0.1, -0.05) is 30.3 Å². The summed E-state index contributed by atoms with van der Waals surface area (Å²) in [5.41, 5.74) is 3.78. The molecule has 0 aliphatic carbocycles. The van der Waals surface area contributed by atoms with Crippen LogP contribution in [-0.4, -0.2) is 67.4 Å². The lowest BCUT2D eigenvalue weighted by atomic mass is 9.82. The fourth-order valence-corrected chi connectivity index (χ4v) is 7.17. The minimum Gasteiger partial charge on any atom is -0.492 e. The Morgan fingerprint density at radius 3 is 2.57 bits per heavy atom. The third kappa shape index (κ3) is 4.45. The summed E-state index contributed by atoms with van der Waals surface area (Å²) >= 11 is 0. The molecular weight excluding hydrogens is 460 g/mol. The van der Waals surface area contributed by atoms with E-state index in [0.717, 1.165) is 50.6 Å². The van der Waals surface area contributed by atoms with E-state index in [2.05, 4.69) is 63.3 Å². The van der Waals surface area contributed by atoms with Crippen LogP contribution in [0.25, 0.3) is 0 Å². The largest absolute Gasteiger partial charge is 0.492 e. The first kappa shape index (κ1) is 22.6. The first-order chi connectivity index (χ1) is 17.0. The number of aromatic nitrogens is 2. The molecule has 4 heterocycles. The lowest BCUT2D eigenvalue weighted by molar-refractivity contribution is 0.0502. The molecule has 2 aromatic carbocycles. The van der Waals surface area contributed by atoms with E-state index in [-0.39, 0.29) is 16.7 Å². The van der Waals surface area contributed by atoms with Crippen LogP contribution < -0.4 is 9.64 Å². The van der Waals surface area contributed by atoms with Gasteiger partial charge in [-0.3, -0.25) is 4.90 Å². The molecule has 2 fully saturated rings. The standard InChI is InChI=1S/C27H32N4O3S/c1-29-16-27(28-19-29)35(32,33)18-21-14-31(15-21)22-8-9-26-24(13-22)23(12-20-6-3-2-4-7-20)25(17-34-26)30-10-5-11-30/h2-4,6-9,13,16,19,21,23,25H,5,10-12,14-15,17-18H2,1H3. The molecular formula is C27H32N4O3S. The molecule has 2 atom stereocenters. The number of hydrogen-bond donors (Lipinski definition) is 0. The number of hydrogen-bond acceptors (Lipinski definition) is 6. The Bertz CT molecular complexity index is 1300. The van der Waals surface area contributed by atoms with Crippen molar-refractivity contribution in [1.29, 1.82) is 0 Å². The molecule has 8 heteroatoms. The molecule has 35 heavy (non-hydrogen) atoms. The van der Waals surface area contributed by atoms with Gasteiger partial charge in [0.2, 0.25) is 0 Å². The zero-order chi connectivity index (χ0) is 24.0. The quantitative estimate of drug-likeness (QED) is 0.505. The summed E-state index contributed by atoms with van der Waals surface area (Å²) < 4.78 is 33.3. The number of rotatable bonds is 7. The lowest BCUT2D eigenvalue weighted by Crippen LogP contribution is -2.52. The number of benzene rings is 2. The molecule has 3 aliphatic rings. The molecule has 1 aromatic heterocycles. The number of ether oxygens (including phenoxy) is 1. The number of anilines is 1. The Morgan fingerprint density at radius 2 is 1.89 bits per heavy atom. The number of imidazole rings is 1. The Balaban J connectivity index is 1.19. The number of sulfone groups is 1. The monoisotopic (exact) mass is 492 g/mol. The average molecular weight is 493 g/mol. The first-order valence-electron chi connectivity index (χ1n) is 12.5. The van der Waals surface area contributed by atoms with Crippen LogP contribution in [0.1, 0.15) is 23.5 Å². The van der Waals surface area contributed by atoms with Gasteiger partial charge in [0.1, 0.15) is 12.4 Å². The molecule has 184 valence electrons. The Labute approximate surface area is 207 Å². The first-order valence-corrected chi connectivity index (χ1v) is 14.1. The Hall–Kier alpha value is -2.84. The molecule has 0 saturated carbocycles. The molecule has 3 aromatic rings. The molecule has 2 saturated heterocycles. The summed E-state index contributed by atoms with van der Waals surface area (Å²) in [5, 5.41) is 0.171. The molecule has 3 aliphatic heterocycles. The van der Waals surface area contributed by atoms with Gasteiger partial charge in [0.25, 0.3) is 0 Å². The van der Waals surface area contributed by atoms with E-state index in [1.54, 1.807) is 17.8 Å². The van der Waals surface area contributed by atoms with Gasteiger partial charge in [-0.25, -0.2) is 13.4 Å². The zero-order valence-electron chi connectivity index (χ0n) is 20.1. The second-order valence-corrected chi connectivity index (χ2v) is 12.2. The van der Waals surface area contributed by atoms with Gasteiger partial charge in [-0.15, -0.1) is 0 Å². The highest BCUT2D eigenvalue weighted by atomic mass is 32.2. The average Bonchev–Trinajstić information content (AvgIpc) is 3.24. The minimum atomic E-state index is -3.36. The summed E-state index contributed by atoms with van der Waals surface area (Å²) in [6.45, 7) is 4.51. The van der Waals surface area contributed by atoms with Gasteiger partial charge >= 0.3 is 0 Å². The maximum absolute atomic E-state index is 12.7. The van der Waals surface area contributed by atoms with Crippen LogP contribution in [0.4, 0.5) is 5.69 Å². The number of fused-ring (bicyclic) bond motifs is 1. The van der Waals surface area contributed by atoms with Crippen molar-refractivity contribution in [3.05, 3.63) is 72.2 Å². The maximum atomic E-state index is 12.7. The highest BCUT2D eigenvalue weighted by Gasteiger charge is 2.38. The molecule has 0 radical (unpaired) electrons. The summed E-state index contributed by atoms with van der Waals surface area (Å²) in [4.78, 5) is 8.89. The Morgan fingerprint density at radius 1 is 1.09 bits per heavy atom. The van der Waals surface area contributed by atoms with Crippen LogP contribution in [0.2, 0.25) is 0 Å². The summed E-state index contributed by atoms with van der Waals surface area (Å²) in [6.07, 6.45) is 5.37. The molecule has 7 nitrogen and oxygen atoms in total. The van der Waals surface area contributed by atoms with E-state index < -0.39 is 9.84 Å². The molecule has 0 amide bonds. The smallest absolute Gasteiger partial charge is 0.197 e. The molecule has 0 N–H and O–H groups in total. The Kier molecular flexibility index (Phi) is 5.81. The van der Waals surface area contributed by atoms with Gasteiger partial charge in [0.15, 0.2) is 14.9 Å². The van der Waals surface area contributed by atoms with E-state index in [1.807, 2.05) is 0 Å². The predicted molar refractivity (Wildman–Crippen MR) is 136 cm³/mol. The summed E-state index contributed by atoms with van der Waals surface area (Å²) in [6, 6.07) is 17.6. The van der Waals surface area contributed by atoms with Gasteiger partial charge in [0.05, 0.1) is 18.1 Å². The van der Waals surface area contributed by atoms with Crippen LogP contribution in [0.3, 0.4) is 0 Å².